The number of rotatable bonds is 4. The van der Waals surface area contributed by atoms with E-state index in [0.29, 0.717) is 0 Å². The Morgan fingerprint density at radius 2 is 1.82 bits per heavy atom. The van der Waals surface area contributed by atoms with Crippen molar-refractivity contribution in [1.29, 1.82) is 0 Å². The fraction of sp³-hybridized carbons (Fsp3) is 0.471. The van der Waals surface area contributed by atoms with Crippen LogP contribution in [0.4, 0.5) is 0 Å². The van der Waals surface area contributed by atoms with E-state index in [4.69, 9.17) is 4.98 Å². The highest BCUT2D eigenvalue weighted by molar-refractivity contribution is 7.63. The topological polar surface area (TPSA) is 31.2 Å². The van der Waals surface area contributed by atoms with Gasteiger partial charge in [-0.2, -0.15) is 0 Å². The van der Waals surface area contributed by atoms with Crippen LogP contribution in [0.3, 0.4) is 0 Å². The van der Waals surface area contributed by atoms with Gasteiger partial charge in [0.25, 0.3) is 5.91 Å². The Hall–Kier alpha value is -0.919. The molecular weight excluding hydrogens is 318 g/mol. The van der Waals surface area contributed by atoms with E-state index in [1.165, 1.54) is 11.1 Å². The molecule has 0 aromatic heterocycles. The van der Waals surface area contributed by atoms with Crippen molar-refractivity contribution < 1.29 is 4.79 Å². The molecule has 0 saturated heterocycles. The molecule has 1 amide bonds. The van der Waals surface area contributed by atoms with Gasteiger partial charge in [-0.15, -0.1) is 0 Å². The number of fused-ring (bicyclic) bond motifs is 1. The average Bonchev–Trinajstić information content (AvgIpc) is 2.77. The number of allylic oxidation sites excluding steroid dienone is 1. The number of carbonyl (C=O) groups is 1. The first-order valence-corrected chi connectivity index (χ1v) is 18.4. The molecule has 0 N–H and O–H groups in total. The molecule has 0 spiro atoms. The van der Waals surface area contributed by atoms with Crippen LogP contribution in [-0.4, -0.2) is 29.1 Å². The predicted octanol–water partition coefficient (Wildman–Crippen LogP) is 4.22. The van der Waals surface area contributed by atoms with Gasteiger partial charge in [-0.25, -0.2) is 0 Å². The lowest BCUT2D eigenvalue weighted by molar-refractivity contribution is 0.0975. The van der Waals surface area contributed by atoms with Crippen molar-refractivity contribution in [3.05, 3.63) is 40.5 Å². The molecule has 22 heavy (non-hydrogen) atoms. The monoisotopic (exact) mass is 345 g/mol. The first-order valence-electron chi connectivity index (χ1n) is 7.93. The molecule has 2 radical (unpaired) electrons. The third-order valence-corrected chi connectivity index (χ3v) is 38.8. The fourth-order valence-corrected chi connectivity index (χ4v) is 21.2. The summed E-state index contributed by atoms with van der Waals surface area (Å²) < 4.78 is 0. The maximum Gasteiger partial charge on any atom is 0.263 e. The van der Waals surface area contributed by atoms with E-state index in [-0.39, 0.29) is 14.2 Å². The van der Waals surface area contributed by atoms with Gasteiger partial charge in [-0.05, 0) is 30.5 Å². The summed E-state index contributed by atoms with van der Waals surface area (Å²) in [7, 11) is -3.63. The van der Waals surface area contributed by atoms with Crippen molar-refractivity contribution in [1.82, 2.24) is 4.98 Å². The summed E-state index contributed by atoms with van der Waals surface area (Å²) in [6.07, 6.45) is 3.12. The van der Waals surface area contributed by atoms with Gasteiger partial charge >= 0.3 is 0 Å². The zero-order valence-electron chi connectivity index (χ0n) is 14.9. The number of nitrogens with zero attached hydrogens (tertiary/aromatic N) is 1. The average molecular weight is 346 g/mol. The van der Waals surface area contributed by atoms with E-state index in [1.807, 2.05) is 12.1 Å². The van der Waals surface area contributed by atoms with Gasteiger partial charge < -0.3 is 0 Å². The number of benzene rings is 1. The molecule has 5 heteroatoms. The zero-order chi connectivity index (χ0) is 16.7. The van der Waals surface area contributed by atoms with Crippen molar-refractivity contribution >= 4 is 35.2 Å². The van der Waals surface area contributed by atoms with Crippen LogP contribution < -0.4 is 4.98 Å². The molecule has 0 fully saturated rings. The second kappa shape index (κ2) is 5.94. The predicted molar refractivity (Wildman–Crippen MR) is 103 cm³/mol. The Bertz CT molecular complexity index is 633. The normalized spacial score (nSPS) is 14.8. The Morgan fingerprint density at radius 1 is 1.18 bits per heavy atom. The van der Waals surface area contributed by atoms with E-state index in [2.05, 4.69) is 58.3 Å². The molecule has 0 unspecified atom stereocenters. The minimum atomic E-state index is -1.85. The standard InChI is InChI=1S/C17H27NOSi3/c1-13-11-14-9-8-10-15(16(14)12-13)17(19)18-21(4,5)22(6,7)20(2)3/h8-10,12H,11H2,1-7H3. The van der Waals surface area contributed by atoms with E-state index in [0.717, 1.165) is 17.5 Å². The van der Waals surface area contributed by atoms with Crippen molar-refractivity contribution in [2.75, 3.05) is 0 Å². The fourth-order valence-electron chi connectivity index (χ4n) is 2.79. The molecule has 1 aromatic carbocycles. The number of hydrogen-bond acceptors (Lipinski definition) is 1. The van der Waals surface area contributed by atoms with E-state index in [9.17, 15) is 4.79 Å². The van der Waals surface area contributed by atoms with E-state index in [1.54, 1.807) is 0 Å². The SMILES string of the molecule is CC1=Cc2c(cccc2C(=O)[N][Si](C)(C)[Si](C)(C)[Si](C)C)C1. The number of hydrogen-bond donors (Lipinski definition) is 0. The van der Waals surface area contributed by atoms with Crippen LogP contribution in [0, 0.1) is 0 Å². The third kappa shape index (κ3) is 3.07. The van der Waals surface area contributed by atoms with Crippen LogP contribution in [0.1, 0.15) is 28.4 Å². The van der Waals surface area contributed by atoms with Gasteiger partial charge in [0.1, 0.15) is 0 Å². The Kier molecular flexibility index (Phi) is 4.71. The van der Waals surface area contributed by atoms with Crippen LogP contribution in [0.25, 0.3) is 6.08 Å². The smallest absolute Gasteiger partial charge is 0.263 e. The Balaban J connectivity index is 2.30. The highest BCUT2D eigenvalue weighted by Gasteiger charge is 2.47. The summed E-state index contributed by atoms with van der Waals surface area (Å²) in [4.78, 5) is 17.7. The van der Waals surface area contributed by atoms with Crippen LogP contribution in [0.15, 0.2) is 23.8 Å². The van der Waals surface area contributed by atoms with Gasteiger partial charge in [0.05, 0.1) is 7.11 Å². The Labute approximate surface area is 138 Å². The minimum absolute atomic E-state index is 0.0169. The number of carbonyl (C=O) groups excluding carboxylic acids is 1. The highest BCUT2D eigenvalue weighted by atomic mass is 29.6. The van der Waals surface area contributed by atoms with Crippen LogP contribution in [0.5, 0.6) is 0 Å². The molecule has 1 aliphatic carbocycles. The van der Waals surface area contributed by atoms with Gasteiger partial charge in [0, 0.05) is 13.9 Å². The second-order valence-corrected chi connectivity index (χ2v) is 31.9. The maximum atomic E-state index is 12.9. The highest BCUT2D eigenvalue weighted by Crippen LogP contribution is 2.29. The molecule has 1 aliphatic rings. The first-order chi connectivity index (χ1) is 10.1. The third-order valence-electron chi connectivity index (χ3n) is 5.45. The first kappa shape index (κ1) is 17.4. The quantitative estimate of drug-likeness (QED) is 0.752. The molecular formula is C17H27NOSi3. The minimum Gasteiger partial charge on any atom is -0.290 e. The van der Waals surface area contributed by atoms with Crippen LogP contribution in [-0.2, 0) is 6.42 Å². The maximum absolute atomic E-state index is 12.9. The lowest BCUT2D eigenvalue weighted by Gasteiger charge is -2.39. The molecule has 2 nitrogen and oxygen atoms in total. The van der Waals surface area contributed by atoms with Crippen LogP contribution in [0.2, 0.25) is 39.3 Å². The molecule has 118 valence electrons. The summed E-state index contributed by atoms with van der Waals surface area (Å²) in [6, 6.07) is 6.07. The van der Waals surface area contributed by atoms with Crippen molar-refractivity contribution in [2.24, 2.45) is 0 Å². The largest absolute Gasteiger partial charge is 0.290 e. The lowest BCUT2D eigenvalue weighted by atomic mass is 10.0. The molecule has 0 heterocycles. The summed E-state index contributed by atoms with van der Waals surface area (Å²) in [6.45, 7) is 16.4. The summed E-state index contributed by atoms with van der Waals surface area (Å²) in [5, 5.41) is 0. The van der Waals surface area contributed by atoms with Gasteiger partial charge in [0.2, 0.25) is 0 Å². The van der Waals surface area contributed by atoms with Crippen molar-refractivity contribution in [3.8, 4) is 0 Å². The van der Waals surface area contributed by atoms with Gasteiger partial charge in [0.15, 0.2) is 7.75 Å². The van der Waals surface area contributed by atoms with E-state index < -0.39 is 14.9 Å². The molecule has 0 bridgehead atoms. The molecule has 0 aliphatic heterocycles. The van der Waals surface area contributed by atoms with Gasteiger partial charge in [-0.3, -0.25) is 9.78 Å². The lowest BCUT2D eigenvalue weighted by Crippen LogP contribution is -2.68. The van der Waals surface area contributed by atoms with E-state index >= 15 is 0 Å². The van der Waals surface area contributed by atoms with Crippen molar-refractivity contribution in [2.45, 2.75) is 52.6 Å². The molecule has 0 saturated carbocycles. The molecule has 2 rings (SSSR count). The van der Waals surface area contributed by atoms with Crippen LogP contribution >= 0.6 is 0 Å². The summed E-state index contributed by atoms with van der Waals surface area (Å²) >= 11 is 0. The molecule has 1 aromatic rings. The van der Waals surface area contributed by atoms with Gasteiger partial charge in [-0.1, -0.05) is 63.1 Å². The summed E-state index contributed by atoms with van der Waals surface area (Å²) in [5.41, 5.74) is 4.51. The molecule has 0 atom stereocenters. The number of amides is 1. The summed E-state index contributed by atoms with van der Waals surface area (Å²) in [5.74, 6) is 0.0169. The zero-order valence-corrected chi connectivity index (χ0v) is 17.9. The second-order valence-electron chi connectivity index (χ2n) is 7.65. The van der Waals surface area contributed by atoms with Crippen molar-refractivity contribution in [3.63, 3.8) is 0 Å². The Morgan fingerprint density at radius 3 is 2.41 bits per heavy atom.